The normalized spacial score (nSPS) is 15.7. The topological polar surface area (TPSA) is 73.8 Å². The molecule has 4 rings (SSSR count). The molecule has 27 heavy (non-hydrogen) atoms. The van der Waals surface area contributed by atoms with Gasteiger partial charge in [0.2, 0.25) is 11.7 Å². The van der Waals surface area contributed by atoms with Crippen LogP contribution < -0.4 is 19.1 Å². The van der Waals surface area contributed by atoms with E-state index in [1.54, 1.807) is 38.4 Å². The Morgan fingerprint density at radius 1 is 1.11 bits per heavy atom. The van der Waals surface area contributed by atoms with Crippen molar-refractivity contribution in [2.75, 3.05) is 32.8 Å². The van der Waals surface area contributed by atoms with Crippen molar-refractivity contribution < 1.29 is 19.0 Å². The zero-order chi connectivity index (χ0) is 19.1. The van der Waals surface area contributed by atoms with E-state index in [1.807, 2.05) is 0 Å². The predicted molar refractivity (Wildman–Crippen MR) is 101 cm³/mol. The summed E-state index contributed by atoms with van der Waals surface area (Å²) in [5.74, 6) is 2.66. The van der Waals surface area contributed by atoms with Crippen LogP contribution in [-0.2, 0) is 11.2 Å². The van der Waals surface area contributed by atoms with Gasteiger partial charge < -0.3 is 14.2 Å². The Labute approximate surface area is 162 Å². The van der Waals surface area contributed by atoms with Crippen LogP contribution in [0.1, 0.15) is 18.5 Å². The van der Waals surface area contributed by atoms with E-state index in [-0.39, 0.29) is 17.5 Å². The molecule has 0 saturated heterocycles. The zero-order valence-corrected chi connectivity index (χ0v) is 16.2. The molecular weight excluding hydrogens is 370 g/mol. The summed E-state index contributed by atoms with van der Waals surface area (Å²) >= 11 is 6.40. The van der Waals surface area contributed by atoms with E-state index in [9.17, 15) is 4.79 Å². The van der Waals surface area contributed by atoms with Crippen molar-refractivity contribution >= 4 is 23.3 Å². The fourth-order valence-electron chi connectivity index (χ4n) is 3.28. The third-order valence-electron chi connectivity index (χ3n) is 4.86. The standard InChI is InChI=1S/C19H20ClN3O4/c1-25-13-6-11(7-14(26-2)17(13)27-3)16-18(20)21-12-8-15(24)23(19(12)22-16)9-10-4-5-10/h6-7,10H,4-5,8-9H2,1-3H3. The Bertz CT molecular complexity index is 889. The van der Waals surface area contributed by atoms with Crippen molar-refractivity contribution in [2.45, 2.75) is 19.3 Å². The van der Waals surface area contributed by atoms with Gasteiger partial charge in [-0.25, -0.2) is 9.97 Å². The number of benzene rings is 1. The van der Waals surface area contributed by atoms with Gasteiger partial charge in [-0.3, -0.25) is 9.69 Å². The number of carbonyl (C=O) groups is 1. The van der Waals surface area contributed by atoms with Crippen LogP contribution in [-0.4, -0.2) is 43.7 Å². The maximum absolute atomic E-state index is 12.4. The SMILES string of the molecule is COc1cc(-c2nc3c(nc2Cl)CC(=O)N3CC2CC2)cc(OC)c1OC. The lowest BCUT2D eigenvalue weighted by molar-refractivity contribution is -0.117. The number of aromatic nitrogens is 2. The maximum atomic E-state index is 12.4. The first kappa shape index (κ1) is 17.9. The van der Waals surface area contributed by atoms with Crippen LogP contribution in [0.25, 0.3) is 11.3 Å². The summed E-state index contributed by atoms with van der Waals surface area (Å²) in [5, 5.41) is 0.240. The Morgan fingerprint density at radius 3 is 2.33 bits per heavy atom. The molecule has 1 aromatic carbocycles. The van der Waals surface area contributed by atoms with E-state index < -0.39 is 0 Å². The Kier molecular flexibility index (Phi) is 4.55. The van der Waals surface area contributed by atoms with Crippen molar-refractivity contribution in [3.05, 3.63) is 23.0 Å². The number of ether oxygens (including phenoxy) is 3. The van der Waals surface area contributed by atoms with Gasteiger partial charge in [0.05, 0.1) is 33.4 Å². The molecule has 142 valence electrons. The molecule has 0 unspecified atom stereocenters. The number of halogens is 1. The lowest BCUT2D eigenvalue weighted by atomic mass is 10.1. The van der Waals surface area contributed by atoms with Gasteiger partial charge in [-0.05, 0) is 30.9 Å². The number of methoxy groups -OCH3 is 3. The fourth-order valence-corrected chi connectivity index (χ4v) is 3.53. The summed E-state index contributed by atoms with van der Waals surface area (Å²) in [6.45, 7) is 0.691. The molecule has 2 aliphatic rings. The van der Waals surface area contributed by atoms with Crippen LogP contribution in [0.5, 0.6) is 17.2 Å². The van der Waals surface area contributed by atoms with E-state index in [1.165, 1.54) is 0 Å². The number of fused-ring (bicyclic) bond motifs is 1. The van der Waals surface area contributed by atoms with Crippen molar-refractivity contribution in [1.29, 1.82) is 0 Å². The van der Waals surface area contributed by atoms with Crippen LogP contribution in [0.15, 0.2) is 12.1 Å². The van der Waals surface area contributed by atoms with Gasteiger partial charge in [-0.1, -0.05) is 11.6 Å². The molecule has 1 saturated carbocycles. The summed E-state index contributed by atoms with van der Waals surface area (Å²) in [5.41, 5.74) is 1.78. The number of carbonyl (C=O) groups excluding carboxylic acids is 1. The third kappa shape index (κ3) is 3.16. The molecule has 1 aromatic heterocycles. The zero-order valence-electron chi connectivity index (χ0n) is 15.4. The van der Waals surface area contributed by atoms with E-state index in [0.717, 1.165) is 12.8 Å². The van der Waals surface area contributed by atoms with Crippen LogP contribution >= 0.6 is 11.6 Å². The molecule has 2 heterocycles. The molecule has 1 aliphatic heterocycles. The van der Waals surface area contributed by atoms with Gasteiger partial charge in [-0.15, -0.1) is 0 Å². The first-order valence-electron chi connectivity index (χ1n) is 8.72. The van der Waals surface area contributed by atoms with Gasteiger partial charge in [0.25, 0.3) is 0 Å². The Morgan fingerprint density at radius 2 is 1.78 bits per heavy atom. The minimum Gasteiger partial charge on any atom is -0.493 e. The molecule has 2 aromatic rings. The lowest BCUT2D eigenvalue weighted by Crippen LogP contribution is -2.29. The minimum absolute atomic E-state index is 0.0232. The highest BCUT2D eigenvalue weighted by atomic mass is 35.5. The molecule has 0 bridgehead atoms. The van der Waals surface area contributed by atoms with Gasteiger partial charge >= 0.3 is 0 Å². The molecule has 0 atom stereocenters. The smallest absolute Gasteiger partial charge is 0.234 e. The van der Waals surface area contributed by atoms with Crippen LogP contribution in [0.3, 0.4) is 0 Å². The second kappa shape index (κ2) is 6.88. The average Bonchev–Trinajstić information content (AvgIpc) is 3.44. The lowest BCUT2D eigenvalue weighted by Gasteiger charge is -2.17. The molecule has 0 N–H and O–H groups in total. The third-order valence-corrected chi connectivity index (χ3v) is 5.12. The number of anilines is 1. The second-order valence-corrected chi connectivity index (χ2v) is 7.03. The molecule has 0 radical (unpaired) electrons. The van der Waals surface area contributed by atoms with E-state index in [4.69, 9.17) is 30.8 Å². The molecule has 1 amide bonds. The molecule has 7 nitrogen and oxygen atoms in total. The first-order chi connectivity index (χ1) is 13.0. The largest absolute Gasteiger partial charge is 0.493 e. The fraction of sp³-hybridized carbons (Fsp3) is 0.421. The minimum atomic E-state index is 0.0232. The average molecular weight is 390 g/mol. The Hall–Kier alpha value is -2.54. The Balaban J connectivity index is 1.81. The summed E-state index contributed by atoms with van der Waals surface area (Å²) in [7, 11) is 4.64. The monoisotopic (exact) mass is 389 g/mol. The van der Waals surface area contributed by atoms with Gasteiger partial charge in [0.1, 0.15) is 5.69 Å². The summed E-state index contributed by atoms with van der Waals surface area (Å²) < 4.78 is 16.2. The van der Waals surface area contributed by atoms with Crippen molar-refractivity contribution in [3.63, 3.8) is 0 Å². The van der Waals surface area contributed by atoms with Gasteiger partial charge in [0.15, 0.2) is 22.5 Å². The number of amides is 1. The summed E-state index contributed by atoms with van der Waals surface area (Å²) in [4.78, 5) is 23.3. The number of rotatable bonds is 6. The number of nitrogens with zero attached hydrogens (tertiary/aromatic N) is 3. The maximum Gasteiger partial charge on any atom is 0.234 e. The predicted octanol–water partition coefficient (Wildman–Crippen LogP) is 3.12. The second-order valence-electron chi connectivity index (χ2n) is 6.67. The number of hydrogen-bond donors (Lipinski definition) is 0. The molecule has 0 spiro atoms. The highest BCUT2D eigenvalue weighted by Gasteiger charge is 2.36. The number of hydrogen-bond acceptors (Lipinski definition) is 6. The van der Waals surface area contributed by atoms with E-state index in [2.05, 4.69) is 4.98 Å². The summed E-state index contributed by atoms with van der Waals surface area (Å²) in [6.07, 6.45) is 2.55. The molecule has 1 fully saturated rings. The molecule has 8 heteroatoms. The highest BCUT2D eigenvalue weighted by Crippen LogP contribution is 2.43. The molecular formula is C19H20ClN3O4. The van der Waals surface area contributed by atoms with Crippen LogP contribution in [0.4, 0.5) is 5.82 Å². The van der Waals surface area contributed by atoms with Crippen LogP contribution in [0.2, 0.25) is 5.15 Å². The van der Waals surface area contributed by atoms with E-state index >= 15 is 0 Å². The first-order valence-corrected chi connectivity index (χ1v) is 9.10. The van der Waals surface area contributed by atoms with E-state index in [0.29, 0.717) is 52.5 Å². The summed E-state index contributed by atoms with van der Waals surface area (Å²) in [6, 6.07) is 3.54. The molecule has 1 aliphatic carbocycles. The van der Waals surface area contributed by atoms with Gasteiger partial charge in [-0.2, -0.15) is 0 Å². The highest BCUT2D eigenvalue weighted by molar-refractivity contribution is 6.32. The van der Waals surface area contributed by atoms with Crippen molar-refractivity contribution in [2.24, 2.45) is 5.92 Å². The van der Waals surface area contributed by atoms with Gasteiger partial charge in [0, 0.05) is 12.1 Å². The van der Waals surface area contributed by atoms with Crippen molar-refractivity contribution in [1.82, 2.24) is 9.97 Å². The van der Waals surface area contributed by atoms with Crippen LogP contribution in [0, 0.1) is 5.92 Å². The van der Waals surface area contributed by atoms with Crippen molar-refractivity contribution in [3.8, 4) is 28.5 Å². The quantitative estimate of drug-likeness (QED) is 0.755.